The Labute approximate surface area is 79.7 Å². The second-order valence-corrected chi connectivity index (χ2v) is 2.56. The van der Waals surface area contributed by atoms with Gasteiger partial charge in [0.15, 0.2) is 0 Å². The first-order valence-electron chi connectivity index (χ1n) is 4.80. The molecular weight excluding hydrogens is 168 g/mol. The number of nitro benzene ring substituents is 1. The number of hydrogen-bond acceptors (Lipinski definition) is 3. The van der Waals surface area contributed by atoms with Gasteiger partial charge in [0.05, 0.1) is 4.92 Å². The molecule has 0 bridgehead atoms. The molecule has 1 rings (SSSR count). The number of hydrogen-bond donors (Lipinski definition) is 0. The van der Waals surface area contributed by atoms with E-state index in [-0.39, 0.29) is 5.69 Å². The van der Waals surface area contributed by atoms with Crippen LogP contribution in [0.15, 0.2) is 24.3 Å². The van der Waals surface area contributed by atoms with Crippen molar-refractivity contribution in [1.82, 2.24) is 0 Å². The smallest absolute Gasteiger partial charge is 0.269 e. The van der Waals surface area contributed by atoms with Gasteiger partial charge in [0.2, 0.25) is 0 Å². The summed E-state index contributed by atoms with van der Waals surface area (Å²) in [5, 5.41) is 10.4. The van der Waals surface area contributed by atoms with Gasteiger partial charge >= 0.3 is 0 Å². The van der Waals surface area contributed by atoms with Crippen molar-refractivity contribution in [1.29, 1.82) is 0 Å². The molecule has 0 aliphatic rings. The van der Waals surface area contributed by atoms with Crippen molar-refractivity contribution in [2.24, 2.45) is 0 Å². The van der Waals surface area contributed by atoms with Gasteiger partial charge in [-0.3, -0.25) is 10.1 Å². The first-order chi connectivity index (χ1) is 6.82. The van der Waals surface area contributed by atoms with Crippen LogP contribution in [0.4, 0.5) is 11.4 Å². The third kappa shape index (κ3) is 2.18. The van der Waals surface area contributed by atoms with E-state index < -0.39 is 11.4 Å². The van der Waals surface area contributed by atoms with Crippen molar-refractivity contribution in [3.05, 3.63) is 34.4 Å². The molecule has 0 aliphatic heterocycles. The average Bonchev–Trinajstić information content (AvgIpc) is 2.15. The summed E-state index contributed by atoms with van der Waals surface area (Å²) in [5.74, 6) is 0. The molecule has 0 heterocycles. The molecule has 4 nitrogen and oxygen atoms in total. The molecule has 0 unspecified atom stereocenters. The molecular formula is C9H12N2O2. The van der Waals surface area contributed by atoms with Gasteiger partial charge in [-0.1, -0.05) is 0 Å². The van der Waals surface area contributed by atoms with Crippen LogP contribution in [0.2, 0.25) is 0 Å². The Hall–Kier alpha value is -1.58. The normalized spacial score (nSPS) is 13.1. The van der Waals surface area contributed by atoms with Crippen molar-refractivity contribution >= 4 is 11.4 Å². The summed E-state index contributed by atoms with van der Waals surface area (Å²) in [4.78, 5) is 11.3. The lowest BCUT2D eigenvalue weighted by Crippen LogP contribution is -2.15. The van der Waals surface area contributed by atoms with Crippen LogP contribution in [0.3, 0.4) is 0 Å². The summed E-state index contributed by atoms with van der Waals surface area (Å²) >= 11 is 0. The molecule has 0 fully saturated rings. The first kappa shape index (κ1) is 6.88. The molecule has 1 aromatic carbocycles. The third-order valence-electron chi connectivity index (χ3n) is 1.78. The highest BCUT2D eigenvalue weighted by Gasteiger charge is 2.04. The van der Waals surface area contributed by atoms with Gasteiger partial charge in [-0.25, -0.2) is 0 Å². The van der Waals surface area contributed by atoms with Crippen LogP contribution in [0.25, 0.3) is 0 Å². The number of non-ortho nitro benzene ring substituents is 1. The Morgan fingerprint density at radius 2 is 2.08 bits per heavy atom. The lowest BCUT2D eigenvalue weighted by molar-refractivity contribution is -0.384. The SMILES string of the molecule is [2H]C([2H])(C)N(C)c1ccc([N+](=O)[O-])cc1. The highest BCUT2D eigenvalue weighted by Crippen LogP contribution is 2.17. The molecule has 1 aromatic rings. The molecule has 0 aliphatic carbocycles. The maximum absolute atomic E-state index is 10.4. The second-order valence-electron chi connectivity index (χ2n) is 2.56. The zero-order valence-electron chi connectivity index (χ0n) is 9.52. The van der Waals surface area contributed by atoms with Crippen LogP contribution in [-0.2, 0) is 0 Å². The molecule has 0 N–H and O–H groups in total. The van der Waals surface area contributed by atoms with Gasteiger partial charge in [-0.05, 0) is 19.1 Å². The molecule has 70 valence electrons. The minimum Gasteiger partial charge on any atom is -0.375 e. The number of nitro groups is 1. The van der Waals surface area contributed by atoms with E-state index in [9.17, 15) is 10.1 Å². The van der Waals surface area contributed by atoms with Crippen molar-refractivity contribution in [2.45, 2.75) is 6.92 Å². The molecule has 13 heavy (non-hydrogen) atoms. The fourth-order valence-corrected chi connectivity index (χ4v) is 0.927. The van der Waals surface area contributed by atoms with E-state index in [1.54, 1.807) is 7.05 Å². The van der Waals surface area contributed by atoms with Gasteiger partial charge in [0.25, 0.3) is 5.69 Å². The zero-order chi connectivity index (χ0) is 11.6. The Morgan fingerprint density at radius 1 is 1.54 bits per heavy atom. The summed E-state index contributed by atoms with van der Waals surface area (Å²) < 4.78 is 14.9. The van der Waals surface area contributed by atoms with E-state index in [1.807, 2.05) is 0 Å². The Balaban J connectivity index is 2.94. The van der Waals surface area contributed by atoms with Crippen LogP contribution >= 0.6 is 0 Å². The second kappa shape index (κ2) is 3.89. The molecule has 0 spiro atoms. The van der Waals surface area contributed by atoms with E-state index in [4.69, 9.17) is 2.74 Å². The lowest BCUT2D eigenvalue weighted by Gasteiger charge is -2.15. The van der Waals surface area contributed by atoms with Crippen LogP contribution in [0.1, 0.15) is 9.67 Å². The van der Waals surface area contributed by atoms with Crippen molar-refractivity contribution in [3.63, 3.8) is 0 Å². The molecule has 0 saturated carbocycles. The van der Waals surface area contributed by atoms with E-state index in [0.29, 0.717) is 5.69 Å². The predicted octanol–water partition coefficient (Wildman–Crippen LogP) is 2.05. The van der Waals surface area contributed by atoms with Crippen LogP contribution in [0, 0.1) is 10.1 Å². The fourth-order valence-electron chi connectivity index (χ4n) is 0.927. The van der Waals surface area contributed by atoms with E-state index in [0.717, 1.165) is 0 Å². The average molecular weight is 182 g/mol. The van der Waals surface area contributed by atoms with Crippen LogP contribution < -0.4 is 4.90 Å². The topological polar surface area (TPSA) is 46.4 Å². The number of anilines is 1. The third-order valence-corrected chi connectivity index (χ3v) is 1.78. The zero-order valence-corrected chi connectivity index (χ0v) is 7.52. The maximum atomic E-state index is 10.4. The van der Waals surface area contributed by atoms with Gasteiger partial charge in [-0.2, -0.15) is 0 Å². The van der Waals surface area contributed by atoms with Crippen molar-refractivity contribution < 1.29 is 7.66 Å². The maximum Gasteiger partial charge on any atom is 0.269 e. The number of nitrogens with zero attached hydrogens (tertiary/aromatic N) is 2. The van der Waals surface area contributed by atoms with Gasteiger partial charge in [0, 0.05) is 34.1 Å². The summed E-state index contributed by atoms with van der Waals surface area (Å²) in [7, 11) is 1.60. The molecule has 0 atom stereocenters. The number of rotatable bonds is 3. The largest absolute Gasteiger partial charge is 0.375 e. The van der Waals surface area contributed by atoms with Crippen molar-refractivity contribution in [3.8, 4) is 0 Å². The standard InChI is InChI=1S/C9H12N2O2/c1-3-10(2)8-4-6-9(7-5-8)11(12)13/h4-7H,3H2,1-2H3/i3D2. The summed E-state index contributed by atoms with van der Waals surface area (Å²) in [6, 6.07) is 5.77. The fraction of sp³-hybridized carbons (Fsp3) is 0.333. The minimum atomic E-state index is -1.49. The summed E-state index contributed by atoms with van der Waals surface area (Å²) in [5.41, 5.74) is 0.608. The molecule has 0 amide bonds. The number of benzene rings is 1. The van der Waals surface area contributed by atoms with Crippen LogP contribution in [-0.4, -0.2) is 18.5 Å². The summed E-state index contributed by atoms with van der Waals surface area (Å²) in [6.07, 6.45) is 0. The van der Waals surface area contributed by atoms with E-state index in [1.165, 1.54) is 36.1 Å². The molecule has 4 heteroatoms. The van der Waals surface area contributed by atoms with Gasteiger partial charge < -0.3 is 4.90 Å². The predicted molar refractivity (Wildman–Crippen MR) is 52.0 cm³/mol. The van der Waals surface area contributed by atoms with Gasteiger partial charge in [-0.15, -0.1) is 0 Å². The van der Waals surface area contributed by atoms with Crippen molar-refractivity contribution in [2.75, 3.05) is 18.4 Å². The van der Waals surface area contributed by atoms with E-state index in [2.05, 4.69) is 0 Å². The Kier molecular flexibility index (Phi) is 2.06. The Bertz CT molecular complexity index is 359. The molecule has 0 saturated heterocycles. The molecule has 0 radical (unpaired) electrons. The highest BCUT2D eigenvalue weighted by molar-refractivity contribution is 5.50. The highest BCUT2D eigenvalue weighted by atomic mass is 16.6. The molecule has 0 aromatic heterocycles. The van der Waals surface area contributed by atoms with Crippen LogP contribution in [0.5, 0.6) is 0 Å². The quantitative estimate of drug-likeness (QED) is 0.531. The van der Waals surface area contributed by atoms with E-state index >= 15 is 0 Å². The Morgan fingerprint density at radius 3 is 2.46 bits per heavy atom. The summed E-state index contributed by atoms with van der Waals surface area (Å²) in [6.45, 7) is -0.0649. The first-order valence-corrected chi connectivity index (χ1v) is 3.80. The minimum absolute atomic E-state index is 0.00353. The lowest BCUT2D eigenvalue weighted by atomic mass is 10.2. The van der Waals surface area contributed by atoms with Gasteiger partial charge in [0.1, 0.15) is 0 Å². The monoisotopic (exact) mass is 182 g/mol.